The van der Waals surface area contributed by atoms with Crippen LogP contribution in [0.4, 0.5) is 5.82 Å². The van der Waals surface area contributed by atoms with Crippen LogP contribution in [0.3, 0.4) is 0 Å². The highest BCUT2D eigenvalue weighted by molar-refractivity contribution is 7.89. The SMILES string of the molecule is CCNc1ccc(S(=O)(=O)NCCc2nc(C)no2)cn1. The van der Waals surface area contributed by atoms with Gasteiger partial charge in [0.05, 0.1) is 0 Å². The van der Waals surface area contributed by atoms with Gasteiger partial charge in [0, 0.05) is 25.7 Å². The number of hydrogen-bond acceptors (Lipinski definition) is 7. The molecule has 114 valence electrons. The van der Waals surface area contributed by atoms with Crippen molar-refractivity contribution in [2.45, 2.75) is 25.2 Å². The Balaban J connectivity index is 1.94. The summed E-state index contributed by atoms with van der Waals surface area (Å²) in [7, 11) is -3.59. The highest BCUT2D eigenvalue weighted by atomic mass is 32.2. The zero-order valence-corrected chi connectivity index (χ0v) is 12.6. The number of hydrogen-bond donors (Lipinski definition) is 2. The molecule has 0 amide bonds. The minimum atomic E-state index is -3.59. The molecule has 0 aliphatic rings. The van der Waals surface area contributed by atoms with Crippen LogP contribution in [0.15, 0.2) is 27.7 Å². The molecule has 0 aromatic carbocycles. The number of anilines is 1. The molecule has 0 bridgehead atoms. The van der Waals surface area contributed by atoms with Crippen LogP contribution in [-0.4, -0.2) is 36.6 Å². The fraction of sp³-hybridized carbons (Fsp3) is 0.417. The number of aromatic nitrogens is 3. The Bertz CT molecular complexity index is 681. The van der Waals surface area contributed by atoms with Crippen molar-refractivity contribution in [1.29, 1.82) is 0 Å². The summed E-state index contributed by atoms with van der Waals surface area (Å²) in [5, 5.41) is 6.64. The van der Waals surface area contributed by atoms with Crippen LogP contribution in [0.1, 0.15) is 18.6 Å². The molecule has 0 unspecified atom stereocenters. The Morgan fingerprint density at radius 3 is 2.71 bits per heavy atom. The normalized spacial score (nSPS) is 11.5. The molecular weight excluding hydrogens is 294 g/mol. The first-order valence-electron chi connectivity index (χ1n) is 6.50. The fourth-order valence-corrected chi connectivity index (χ4v) is 2.62. The average Bonchev–Trinajstić information content (AvgIpc) is 2.85. The molecule has 9 heteroatoms. The lowest BCUT2D eigenvalue weighted by Crippen LogP contribution is -2.26. The molecule has 2 heterocycles. The van der Waals surface area contributed by atoms with E-state index >= 15 is 0 Å². The summed E-state index contributed by atoms with van der Waals surface area (Å²) >= 11 is 0. The van der Waals surface area contributed by atoms with E-state index in [0.29, 0.717) is 24.0 Å². The van der Waals surface area contributed by atoms with E-state index < -0.39 is 10.0 Å². The maximum absolute atomic E-state index is 12.1. The smallest absolute Gasteiger partial charge is 0.242 e. The maximum atomic E-state index is 12.1. The summed E-state index contributed by atoms with van der Waals surface area (Å²) in [6.45, 7) is 4.54. The van der Waals surface area contributed by atoms with Gasteiger partial charge in [-0.2, -0.15) is 4.98 Å². The van der Waals surface area contributed by atoms with Crippen LogP contribution in [0.2, 0.25) is 0 Å². The molecular formula is C12H17N5O3S. The molecule has 8 nitrogen and oxygen atoms in total. The van der Waals surface area contributed by atoms with Crippen molar-refractivity contribution in [3.05, 3.63) is 30.0 Å². The lowest BCUT2D eigenvalue weighted by molar-refractivity contribution is 0.375. The molecule has 0 radical (unpaired) electrons. The van der Waals surface area contributed by atoms with Crippen molar-refractivity contribution in [2.24, 2.45) is 0 Å². The molecule has 0 atom stereocenters. The summed E-state index contributed by atoms with van der Waals surface area (Å²) in [5.41, 5.74) is 0. The van der Waals surface area contributed by atoms with E-state index in [2.05, 4.69) is 25.2 Å². The van der Waals surface area contributed by atoms with E-state index in [1.54, 1.807) is 13.0 Å². The van der Waals surface area contributed by atoms with Gasteiger partial charge in [-0.15, -0.1) is 0 Å². The largest absolute Gasteiger partial charge is 0.370 e. The Morgan fingerprint density at radius 2 is 2.14 bits per heavy atom. The van der Waals surface area contributed by atoms with Crippen LogP contribution >= 0.6 is 0 Å². The molecule has 0 saturated carbocycles. The number of aryl methyl sites for hydroxylation is 1. The maximum Gasteiger partial charge on any atom is 0.242 e. The van der Waals surface area contributed by atoms with E-state index in [1.807, 2.05) is 6.92 Å². The third kappa shape index (κ3) is 4.23. The van der Waals surface area contributed by atoms with Crippen molar-refractivity contribution in [2.75, 3.05) is 18.4 Å². The number of nitrogens with one attached hydrogen (secondary N) is 2. The summed E-state index contributed by atoms with van der Waals surface area (Å²) in [4.78, 5) is 8.15. The Kier molecular flexibility index (Phi) is 4.86. The van der Waals surface area contributed by atoms with E-state index in [0.717, 1.165) is 6.54 Å². The van der Waals surface area contributed by atoms with Gasteiger partial charge < -0.3 is 9.84 Å². The Morgan fingerprint density at radius 1 is 1.33 bits per heavy atom. The fourth-order valence-electron chi connectivity index (χ4n) is 1.64. The molecule has 0 aliphatic heterocycles. The van der Waals surface area contributed by atoms with Gasteiger partial charge in [-0.1, -0.05) is 5.16 Å². The standard InChI is InChI=1S/C12H17N5O3S/c1-3-13-11-5-4-10(8-14-11)21(18,19)15-7-6-12-16-9(2)17-20-12/h4-5,8,15H,3,6-7H2,1-2H3,(H,13,14). The van der Waals surface area contributed by atoms with E-state index in [1.165, 1.54) is 12.3 Å². The first-order valence-corrected chi connectivity index (χ1v) is 7.98. The monoisotopic (exact) mass is 311 g/mol. The average molecular weight is 311 g/mol. The third-order valence-corrected chi connectivity index (χ3v) is 4.05. The van der Waals surface area contributed by atoms with Crippen LogP contribution in [0.25, 0.3) is 0 Å². The summed E-state index contributed by atoms with van der Waals surface area (Å²) in [5.74, 6) is 1.56. The summed E-state index contributed by atoms with van der Waals surface area (Å²) in [6, 6.07) is 3.13. The number of nitrogens with zero attached hydrogens (tertiary/aromatic N) is 3. The predicted molar refractivity (Wildman–Crippen MR) is 76.3 cm³/mol. The minimum absolute atomic E-state index is 0.117. The van der Waals surface area contributed by atoms with Crippen molar-refractivity contribution in [1.82, 2.24) is 19.8 Å². The molecule has 2 rings (SSSR count). The van der Waals surface area contributed by atoms with Gasteiger partial charge in [-0.05, 0) is 26.0 Å². The van der Waals surface area contributed by atoms with Crippen LogP contribution in [0.5, 0.6) is 0 Å². The second-order valence-corrected chi connectivity index (χ2v) is 6.06. The highest BCUT2D eigenvalue weighted by Gasteiger charge is 2.14. The van der Waals surface area contributed by atoms with Crippen LogP contribution in [-0.2, 0) is 16.4 Å². The predicted octanol–water partition coefficient (Wildman–Crippen LogP) is 0.726. The van der Waals surface area contributed by atoms with E-state index in [4.69, 9.17) is 4.52 Å². The second-order valence-electron chi connectivity index (χ2n) is 4.29. The quantitative estimate of drug-likeness (QED) is 0.775. The number of sulfonamides is 1. The van der Waals surface area contributed by atoms with Crippen LogP contribution < -0.4 is 10.0 Å². The molecule has 21 heavy (non-hydrogen) atoms. The van der Waals surface area contributed by atoms with Gasteiger partial charge >= 0.3 is 0 Å². The molecule has 2 N–H and O–H groups in total. The van der Waals surface area contributed by atoms with Gasteiger partial charge in [0.1, 0.15) is 10.7 Å². The van der Waals surface area contributed by atoms with Gasteiger partial charge in [0.25, 0.3) is 0 Å². The van der Waals surface area contributed by atoms with Gasteiger partial charge in [0.2, 0.25) is 15.9 Å². The van der Waals surface area contributed by atoms with Crippen molar-refractivity contribution >= 4 is 15.8 Å². The number of pyridine rings is 1. The lowest BCUT2D eigenvalue weighted by atomic mass is 10.4. The highest BCUT2D eigenvalue weighted by Crippen LogP contribution is 2.10. The van der Waals surface area contributed by atoms with Gasteiger partial charge in [-0.25, -0.2) is 18.1 Å². The minimum Gasteiger partial charge on any atom is -0.370 e. The molecule has 2 aromatic heterocycles. The lowest BCUT2D eigenvalue weighted by Gasteiger charge is -2.06. The van der Waals surface area contributed by atoms with E-state index in [-0.39, 0.29) is 11.4 Å². The molecule has 0 spiro atoms. The molecule has 0 saturated heterocycles. The summed E-state index contributed by atoms with van der Waals surface area (Å²) < 4.78 is 31.5. The molecule has 2 aromatic rings. The van der Waals surface area contributed by atoms with Crippen LogP contribution in [0, 0.1) is 6.92 Å². The Hall–Kier alpha value is -2.00. The zero-order chi connectivity index (χ0) is 15.3. The third-order valence-electron chi connectivity index (χ3n) is 2.61. The van der Waals surface area contributed by atoms with Crippen molar-refractivity contribution < 1.29 is 12.9 Å². The van der Waals surface area contributed by atoms with Crippen molar-refractivity contribution in [3.8, 4) is 0 Å². The topological polar surface area (TPSA) is 110 Å². The Labute approximate surface area is 123 Å². The number of rotatable bonds is 7. The van der Waals surface area contributed by atoms with Crippen molar-refractivity contribution in [3.63, 3.8) is 0 Å². The molecule has 0 fully saturated rings. The molecule has 0 aliphatic carbocycles. The zero-order valence-electron chi connectivity index (χ0n) is 11.8. The first-order chi connectivity index (χ1) is 10.0. The first kappa shape index (κ1) is 15.4. The van der Waals surface area contributed by atoms with E-state index in [9.17, 15) is 8.42 Å². The second kappa shape index (κ2) is 6.64. The summed E-state index contributed by atoms with van der Waals surface area (Å²) in [6.07, 6.45) is 1.65. The van der Waals surface area contributed by atoms with Gasteiger partial charge in [0.15, 0.2) is 5.82 Å². The van der Waals surface area contributed by atoms with Gasteiger partial charge in [-0.3, -0.25) is 0 Å².